The minimum atomic E-state index is -3.94. The summed E-state index contributed by atoms with van der Waals surface area (Å²) in [5.41, 5.74) is 1.49. The number of hydrogen-bond donors (Lipinski definition) is 0. The van der Waals surface area contributed by atoms with Gasteiger partial charge in [0, 0.05) is 36.4 Å². The second-order valence-electron chi connectivity index (χ2n) is 13.8. The van der Waals surface area contributed by atoms with Gasteiger partial charge in [-0.2, -0.15) is 36.4 Å². The number of sulfonamides is 2. The van der Waals surface area contributed by atoms with Crippen molar-refractivity contribution in [1.82, 2.24) is 0 Å². The molecule has 0 unspecified atom stereocenters. The number of nitrogens with zero attached hydrogens (tertiary/aromatic N) is 2. The van der Waals surface area contributed by atoms with Gasteiger partial charge in [0.15, 0.2) is 0 Å². The summed E-state index contributed by atoms with van der Waals surface area (Å²) in [5.74, 6) is -3.74. The van der Waals surface area contributed by atoms with Crippen molar-refractivity contribution < 1.29 is 56.1 Å². The van der Waals surface area contributed by atoms with Gasteiger partial charge in [-0.1, -0.05) is 87.8 Å². The quantitative estimate of drug-likeness (QED) is 0.0420. The normalized spacial score (nSPS) is 10.8. The molecule has 13 heteroatoms. The SMILES string of the molecule is CCCCCCN(c1ccc(F)[c-]c1F)S(=O)(=O)c1ccc(C)cc1.CCCCCCN(c1ccc(F)[c-]c1F)S(=O)(=O)c1ccc(C)cc1.[Ti+4].c1cc[cH-]c1.c1cc[cH-]c1. The Labute approximate surface area is 376 Å². The van der Waals surface area contributed by atoms with E-state index in [1.54, 1.807) is 24.3 Å². The third-order valence-corrected chi connectivity index (χ3v) is 12.6. The zero-order valence-corrected chi connectivity index (χ0v) is 38.3. The molecule has 0 aliphatic carbocycles. The van der Waals surface area contributed by atoms with Crippen LogP contribution in [0.1, 0.15) is 76.3 Å². The molecule has 0 atom stereocenters. The van der Waals surface area contributed by atoms with Crippen LogP contribution in [0.4, 0.5) is 28.9 Å². The van der Waals surface area contributed by atoms with E-state index in [9.17, 15) is 34.4 Å². The Hall–Kier alpha value is -4.49. The van der Waals surface area contributed by atoms with E-state index in [-0.39, 0.29) is 56.0 Å². The first-order valence-electron chi connectivity index (χ1n) is 20.0. The molecule has 6 rings (SSSR count). The maximum absolute atomic E-state index is 14.2. The van der Waals surface area contributed by atoms with Crippen LogP contribution in [0.3, 0.4) is 0 Å². The van der Waals surface area contributed by atoms with E-state index in [1.807, 2.05) is 86.6 Å². The summed E-state index contributed by atoms with van der Waals surface area (Å²) in [4.78, 5) is 0.162. The third-order valence-electron chi connectivity index (χ3n) is 8.98. The van der Waals surface area contributed by atoms with E-state index in [1.165, 1.54) is 24.3 Å². The van der Waals surface area contributed by atoms with Crippen molar-refractivity contribution in [1.29, 1.82) is 0 Å². The van der Waals surface area contributed by atoms with Gasteiger partial charge in [0.2, 0.25) is 0 Å². The van der Waals surface area contributed by atoms with E-state index < -0.39 is 43.3 Å². The molecular formula is C48H54F4N2O4S2Ti. The zero-order chi connectivity index (χ0) is 44.0. The molecule has 0 saturated heterocycles. The average molecular weight is 911 g/mol. The standard InChI is InChI=1S/2C19H22F2NO2S.2C5H5.Ti/c2*1-3-4-5-6-13-22(19-12-9-16(20)14-18(19)21)25(23,24)17-10-7-15(2)8-11-17;2*1-2-4-5-3-1;/h2*7-12H,3-6,13H2,1-2H3;2*1-5H;/q4*-1;+4. The predicted octanol–water partition coefficient (Wildman–Crippen LogP) is 12.5. The molecular weight excluding hydrogens is 857 g/mol. The van der Waals surface area contributed by atoms with Gasteiger partial charge in [-0.15, -0.1) is 36.4 Å². The number of anilines is 2. The molecule has 61 heavy (non-hydrogen) atoms. The molecule has 0 amide bonds. The molecule has 0 bridgehead atoms. The van der Waals surface area contributed by atoms with Crippen molar-refractivity contribution >= 4 is 31.4 Å². The van der Waals surface area contributed by atoms with Crippen LogP contribution in [-0.4, -0.2) is 29.9 Å². The van der Waals surface area contributed by atoms with Crippen molar-refractivity contribution in [2.45, 2.75) is 88.9 Å². The molecule has 6 aromatic rings. The van der Waals surface area contributed by atoms with Gasteiger partial charge in [-0.05, 0) is 62.3 Å². The van der Waals surface area contributed by atoms with Crippen LogP contribution in [-0.2, 0) is 41.8 Å². The average Bonchev–Trinajstić information content (AvgIpc) is 4.01. The number of aryl methyl sites for hydroxylation is 2. The van der Waals surface area contributed by atoms with Gasteiger partial charge in [0.25, 0.3) is 20.0 Å². The number of benzene rings is 4. The molecule has 6 nitrogen and oxygen atoms in total. The molecule has 6 aromatic carbocycles. The summed E-state index contributed by atoms with van der Waals surface area (Å²) in [6.07, 6.45) is 6.80. The van der Waals surface area contributed by atoms with E-state index in [0.717, 1.165) is 82.5 Å². The molecule has 0 aliphatic heterocycles. The van der Waals surface area contributed by atoms with Gasteiger partial charge in [0.1, 0.15) is 0 Å². The zero-order valence-electron chi connectivity index (χ0n) is 35.1. The third kappa shape index (κ3) is 17.4. The molecule has 0 radical (unpaired) electrons. The maximum atomic E-state index is 14.2. The van der Waals surface area contributed by atoms with Crippen molar-refractivity contribution in [3.05, 3.63) is 180 Å². The number of hydrogen-bond acceptors (Lipinski definition) is 4. The predicted molar refractivity (Wildman–Crippen MR) is 234 cm³/mol. The summed E-state index contributed by atoms with van der Waals surface area (Å²) >= 11 is 0. The molecule has 324 valence electrons. The maximum Gasteiger partial charge on any atom is 4.00 e. The minimum Gasteiger partial charge on any atom is -0.317 e. The van der Waals surface area contributed by atoms with Crippen molar-refractivity contribution in [2.24, 2.45) is 0 Å². The number of rotatable bonds is 16. The van der Waals surface area contributed by atoms with E-state index in [0.29, 0.717) is 12.8 Å². The Morgan fingerprint density at radius 3 is 1.08 bits per heavy atom. The molecule has 0 aromatic heterocycles. The summed E-state index contributed by atoms with van der Waals surface area (Å²) < 4.78 is 109. The summed E-state index contributed by atoms with van der Waals surface area (Å²) in [6.45, 7) is 8.07. The van der Waals surface area contributed by atoms with Gasteiger partial charge in [0.05, 0.1) is 9.79 Å². The van der Waals surface area contributed by atoms with Crippen LogP contribution in [0, 0.1) is 49.2 Å². The van der Waals surface area contributed by atoms with E-state index in [4.69, 9.17) is 0 Å². The molecule has 0 heterocycles. The van der Waals surface area contributed by atoms with Crippen LogP contribution >= 0.6 is 0 Å². The largest absolute Gasteiger partial charge is 4.00 e. The van der Waals surface area contributed by atoms with Crippen molar-refractivity contribution in [3.8, 4) is 0 Å². The topological polar surface area (TPSA) is 74.8 Å². The van der Waals surface area contributed by atoms with Gasteiger partial charge in [-0.25, -0.2) is 58.7 Å². The molecule has 0 spiro atoms. The molecule has 0 fully saturated rings. The van der Waals surface area contributed by atoms with Gasteiger partial charge in [-0.3, -0.25) is 0 Å². The molecule has 0 saturated carbocycles. The first-order chi connectivity index (χ1) is 28.7. The van der Waals surface area contributed by atoms with Crippen LogP contribution in [0.25, 0.3) is 0 Å². The fourth-order valence-corrected chi connectivity index (χ4v) is 8.69. The number of halogens is 4. The monoisotopic (exact) mass is 910 g/mol. The van der Waals surface area contributed by atoms with Crippen LogP contribution in [0.2, 0.25) is 0 Å². The van der Waals surface area contributed by atoms with Crippen LogP contribution in [0.15, 0.2) is 143 Å². The second-order valence-corrected chi connectivity index (χ2v) is 17.6. The van der Waals surface area contributed by atoms with Crippen LogP contribution in [0.5, 0.6) is 0 Å². The molecule has 0 aliphatic rings. The Kier molecular flexibility index (Phi) is 23.7. The Morgan fingerprint density at radius 2 is 0.820 bits per heavy atom. The summed E-state index contributed by atoms with van der Waals surface area (Å²) in [5, 5.41) is 0. The van der Waals surface area contributed by atoms with E-state index in [2.05, 4.69) is 13.8 Å². The Morgan fingerprint density at radius 1 is 0.492 bits per heavy atom. The van der Waals surface area contributed by atoms with Crippen molar-refractivity contribution in [3.63, 3.8) is 0 Å². The minimum absolute atomic E-state index is 0. The Balaban J connectivity index is 0.000000335. The van der Waals surface area contributed by atoms with Gasteiger partial charge >= 0.3 is 21.7 Å². The smallest absolute Gasteiger partial charge is 0.317 e. The number of unbranched alkanes of at least 4 members (excludes halogenated alkanes) is 6. The van der Waals surface area contributed by atoms with Gasteiger partial charge < -0.3 is 8.61 Å². The summed E-state index contributed by atoms with van der Waals surface area (Å²) in [6, 6.07) is 40.9. The first-order valence-corrected chi connectivity index (χ1v) is 22.9. The second kappa shape index (κ2) is 27.5. The molecule has 0 N–H and O–H groups in total. The Bertz CT molecular complexity index is 2110. The fraction of sp³-hybridized carbons (Fsp3) is 0.292. The van der Waals surface area contributed by atoms with E-state index >= 15 is 0 Å². The van der Waals surface area contributed by atoms with Crippen molar-refractivity contribution in [2.75, 3.05) is 21.7 Å². The first kappa shape index (κ1) is 52.7. The van der Waals surface area contributed by atoms with Crippen LogP contribution < -0.4 is 8.61 Å². The fourth-order valence-electron chi connectivity index (χ4n) is 5.68. The summed E-state index contributed by atoms with van der Waals surface area (Å²) in [7, 11) is -7.89.